The van der Waals surface area contributed by atoms with Crippen LogP contribution in [-0.2, 0) is 14.3 Å². The van der Waals surface area contributed by atoms with Crippen molar-refractivity contribution < 1.29 is 19.1 Å². The molecule has 6 nitrogen and oxygen atoms in total. The zero-order chi connectivity index (χ0) is 14.7. The number of nitrogens with zero attached hydrogens (tertiary/aromatic N) is 2. The molecule has 1 aliphatic heterocycles. The monoisotopic (exact) mass is 342 g/mol. The molecular formula is C13H15BrN2O4. The number of esters is 1. The lowest BCUT2D eigenvalue weighted by Crippen LogP contribution is -2.50. The maximum Gasteiger partial charge on any atom is 0.329 e. The van der Waals surface area contributed by atoms with Gasteiger partial charge < -0.3 is 9.47 Å². The number of amides is 1. The second-order valence-electron chi connectivity index (χ2n) is 4.18. The van der Waals surface area contributed by atoms with Gasteiger partial charge in [-0.05, 0) is 41.4 Å². The van der Waals surface area contributed by atoms with Gasteiger partial charge in [0.25, 0.3) is 5.91 Å². The third-order valence-electron chi connectivity index (χ3n) is 2.91. The molecule has 0 N–H and O–H groups in total. The minimum atomic E-state index is -0.688. The average Bonchev–Trinajstić information content (AvgIpc) is 2.42. The summed E-state index contributed by atoms with van der Waals surface area (Å²) in [5, 5.41) is 0. The Hall–Kier alpha value is -1.63. The number of pyridine rings is 1. The summed E-state index contributed by atoms with van der Waals surface area (Å²) in [7, 11) is 0. The standard InChI is InChI=1S/C13H15BrN2O4/c1-3-8(13(18)19-4-2)16-11(17)7-20-9-5-6-10(14)15-12(9)16/h5-6,8H,3-4,7H2,1-2H3. The van der Waals surface area contributed by atoms with Crippen molar-refractivity contribution in [1.29, 1.82) is 0 Å². The Balaban J connectivity index is 2.41. The molecule has 108 valence electrons. The van der Waals surface area contributed by atoms with Crippen LogP contribution in [0.5, 0.6) is 5.75 Å². The number of carbonyl (C=O) groups is 2. The summed E-state index contributed by atoms with van der Waals surface area (Å²) in [6.45, 7) is 3.72. The lowest BCUT2D eigenvalue weighted by Gasteiger charge is -2.32. The van der Waals surface area contributed by atoms with Crippen molar-refractivity contribution in [3.63, 3.8) is 0 Å². The summed E-state index contributed by atoms with van der Waals surface area (Å²) < 4.78 is 10.9. The van der Waals surface area contributed by atoms with Crippen molar-refractivity contribution in [3.05, 3.63) is 16.7 Å². The summed E-state index contributed by atoms with van der Waals surface area (Å²) in [6.07, 6.45) is 0.443. The van der Waals surface area contributed by atoms with Gasteiger partial charge in [0.05, 0.1) is 6.61 Å². The van der Waals surface area contributed by atoms with Crippen LogP contribution < -0.4 is 9.64 Å². The van der Waals surface area contributed by atoms with E-state index in [1.807, 2.05) is 6.92 Å². The Morgan fingerprint density at radius 1 is 1.55 bits per heavy atom. The zero-order valence-corrected chi connectivity index (χ0v) is 12.8. The zero-order valence-electron chi connectivity index (χ0n) is 11.3. The van der Waals surface area contributed by atoms with Crippen molar-refractivity contribution >= 4 is 33.6 Å². The molecule has 0 aromatic carbocycles. The smallest absolute Gasteiger partial charge is 0.329 e. The molecule has 0 fully saturated rings. The molecule has 0 saturated carbocycles. The largest absolute Gasteiger partial charge is 0.480 e. The number of hydrogen-bond acceptors (Lipinski definition) is 5. The maximum atomic E-state index is 12.1. The van der Waals surface area contributed by atoms with E-state index < -0.39 is 12.0 Å². The van der Waals surface area contributed by atoms with Gasteiger partial charge in [-0.15, -0.1) is 0 Å². The fraction of sp³-hybridized carbons (Fsp3) is 0.462. The minimum Gasteiger partial charge on any atom is -0.480 e. The van der Waals surface area contributed by atoms with Crippen LogP contribution in [0.2, 0.25) is 0 Å². The van der Waals surface area contributed by atoms with E-state index in [1.54, 1.807) is 19.1 Å². The summed E-state index contributed by atoms with van der Waals surface area (Å²) in [4.78, 5) is 29.7. The van der Waals surface area contributed by atoms with E-state index in [2.05, 4.69) is 20.9 Å². The molecule has 0 aliphatic carbocycles. The van der Waals surface area contributed by atoms with E-state index in [-0.39, 0.29) is 19.1 Å². The van der Waals surface area contributed by atoms with Crippen LogP contribution in [0.15, 0.2) is 16.7 Å². The average molecular weight is 343 g/mol. The van der Waals surface area contributed by atoms with E-state index in [9.17, 15) is 9.59 Å². The second-order valence-corrected chi connectivity index (χ2v) is 5.00. The lowest BCUT2D eigenvalue weighted by atomic mass is 10.1. The van der Waals surface area contributed by atoms with Gasteiger partial charge in [-0.25, -0.2) is 9.78 Å². The molecule has 0 saturated heterocycles. The fourth-order valence-corrected chi connectivity index (χ4v) is 2.34. The minimum absolute atomic E-state index is 0.105. The van der Waals surface area contributed by atoms with Crippen LogP contribution in [0.25, 0.3) is 0 Å². The molecule has 0 bridgehead atoms. The maximum absolute atomic E-state index is 12.1. The van der Waals surface area contributed by atoms with E-state index >= 15 is 0 Å². The third kappa shape index (κ3) is 2.77. The first-order chi connectivity index (χ1) is 9.58. The molecule has 0 radical (unpaired) electrons. The molecule has 0 spiro atoms. The predicted octanol–water partition coefficient (Wildman–Crippen LogP) is 1.91. The highest BCUT2D eigenvalue weighted by atomic mass is 79.9. The number of carbonyl (C=O) groups excluding carboxylic acids is 2. The van der Waals surface area contributed by atoms with Gasteiger partial charge >= 0.3 is 5.97 Å². The van der Waals surface area contributed by atoms with Gasteiger partial charge in [-0.3, -0.25) is 9.69 Å². The van der Waals surface area contributed by atoms with Crippen molar-refractivity contribution in [1.82, 2.24) is 4.98 Å². The number of halogens is 1. The molecule has 2 heterocycles. The van der Waals surface area contributed by atoms with Crippen molar-refractivity contribution in [2.24, 2.45) is 0 Å². The van der Waals surface area contributed by atoms with E-state index in [1.165, 1.54) is 4.90 Å². The third-order valence-corrected chi connectivity index (χ3v) is 3.35. The Labute approximate surface area is 125 Å². The Morgan fingerprint density at radius 3 is 2.95 bits per heavy atom. The number of ether oxygens (including phenoxy) is 2. The van der Waals surface area contributed by atoms with Gasteiger partial charge in [0.15, 0.2) is 18.2 Å². The summed E-state index contributed by atoms with van der Waals surface area (Å²) >= 11 is 3.26. The summed E-state index contributed by atoms with van der Waals surface area (Å²) in [6, 6.07) is 2.74. The molecule has 1 amide bonds. The first-order valence-corrected chi connectivity index (χ1v) is 7.15. The molecule has 2 rings (SSSR count). The van der Waals surface area contributed by atoms with Crippen LogP contribution >= 0.6 is 15.9 Å². The molecular weight excluding hydrogens is 328 g/mol. The SMILES string of the molecule is CCOC(=O)C(CC)N1C(=O)COc2ccc(Br)nc21. The Kier molecular flexibility index (Phi) is 4.59. The number of rotatable bonds is 4. The number of anilines is 1. The molecule has 1 unspecified atom stereocenters. The number of aromatic nitrogens is 1. The molecule has 1 aliphatic rings. The van der Waals surface area contributed by atoms with Crippen LogP contribution in [0.4, 0.5) is 5.82 Å². The highest BCUT2D eigenvalue weighted by Crippen LogP contribution is 2.33. The molecule has 1 aromatic heterocycles. The van der Waals surface area contributed by atoms with Crippen LogP contribution in [0.1, 0.15) is 20.3 Å². The Morgan fingerprint density at radius 2 is 2.30 bits per heavy atom. The first kappa shape index (κ1) is 14.8. The van der Waals surface area contributed by atoms with E-state index in [0.29, 0.717) is 22.6 Å². The first-order valence-electron chi connectivity index (χ1n) is 6.36. The molecule has 1 atom stereocenters. The number of fused-ring (bicyclic) bond motifs is 1. The van der Waals surface area contributed by atoms with Crippen molar-refractivity contribution in [3.8, 4) is 5.75 Å². The van der Waals surface area contributed by atoms with Crippen LogP contribution in [0.3, 0.4) is 0 Å². The highest BCUT2D eigenvalue weighted by molar-refractivity contribution is 9.10. The van der Waals surface area contributed by atoms with Gasteiger partial charge in [0.2, 0.25) is 0 Å². The summed E-state index contributed by atoms with van der Waals surface area (Å²) in [5.41, 5.74) is 0. The Bertz CT molecular complexity index is 535. The van der Waals surface area contributed by atoms with Gasteiger partial charge in [-0.2, -0.15) is 0 Å². The second kappa shape index (κ2) is 6.21. The van der Waals surface area contributed by atoms with E-state index in [4.69, 9.17) is 9.47 Å². The van der Waals surface area contributed by atoms with Crippen molar-refractivity contribution in [2.45, 2.75) is 26.3 Å². The molecule has 1 aromatic rings. The normalized spacial score (nSPS) is 15.3. The lowest BCUT2D eigenvalue weighted by molar-refractivity contribution is -0.146. The fourth-order valence-electron chi connectivity index (χ4n) is 2.04. The van der Waals surface area contributed by atoms with Crippen LogP contribution in [-0.4, -0.2) is 36.1 Å². The predicted molar refractivity (Wildman–Crippen MR) is 75.6 cm³/mol. The molecule has 7 heteroatoms. The van der Waals surface area contributed by atoms with Crippen molar-refractivity contribution in [2.75, 3.05) is 18.1 Å². The quantitative estimate of drug-likeness (QED) is 0.617. The van der Waals surface area contributed by atoms with Crippen LogP contribution in [0, 0.1) is 0 Å². The van der Waals surface area contributed by atoms with Gasteiger partial charge in [0, 0.05) is 0 Å². The van der Waals surface area contributed by atoms with E-state index in [0.717, 1.165) is 0 Å². The van der Waals surface area contributed by atoms with Gasteiger partial charge in [-0.1, -0.05) is 6.92 Å². The summed E-state index contributed by atoms with van der Waals surface area (Å²) in [5.74, 6) is 0.0899. The molecule has 20 heavy (non-hydrogen) atoms. The number of hydrogen-bond donors (Lipinski definition) is 0. The highest BCUT2D eigenvalue weighted by Gasteiger charge is 2.36. The van der Waals surface area contributed by atoms with Gasteiger partial charge in [0.1, 0.15) is 10.6 Å². The topological polar surface area (TPSA) is 68.7 Å².